The number of aryl methyl sites for hydroxylation is 1. The largest absolute Gasteiger partial charge is 0.495 e. The summed E-state index contributed by atoms with van der Waals surface area (Å²) in [6.07, 6.45) is 1.81. The third-order valence-electron chi connectivity index (χ3n) is 4.74. The molecule has 0 spiro atoms. The highest BCUT2D eigenvalue weighted by atomic mass is 32.2. The Hall–Kier alpha value is -2.61. The molecular weight excluding hydrogens is 383 g/mol. The van der Waals surface area contributed by atoms with E-state index in [0.717, 1.165) is 22.7 Å². The minimum Gasteiger partial charge on any atom is -0.495 e. The Morgan fingerprint density at radius 1 is 1.14 bits per heavy atom. The maximum Gasteiger partial charge on any atom is 0.268 e. The first kappa shape index (κ1) is 20.1. The van der Waals surface area contributed by atoms with E-state index in [2.05, 4.69) is 0 Å². The van der Waals surface area contributed by atoms with Crippen molar-refractivity contribution in [2.75, 3.05) is 31.0 Å². The van der Waals surface area contributed by atoms with Crippen LogP contribution in [0.2, 0.25) is 0 Å². The Balaban J connectivity index is 2.05. The van der Waals surface area contributed by atoms with Gasteiger partial charge in [-0.25, -0.2) is 12.8 Å². The smallest absolute Gasteiger partial charge is 0.268 e. The zero-order valence-corrected chi connectivity index (χ0v) is 16.7. The SMILES string of the molecule is COc1ccc(C)cc1S(=O)(=O)N(CC(=O)N1CCCC1)c1ccc(F)cc1. The molecule has 3 rings (SSSR count). The van der Waals surface area contributed by atoms with Crippen molar-refractivity contribution in [1.29, 1.82) is 0 Å². The maximum absolute atomic E-state index is 13.5. The fourth-order valence-electron chi connectivity index (χ4n) is 3.22. The van der Waals surface area contributed by atoms with Crippen LogP contribution in [0, 0.1) is 12.7 Å². The lowest BCUT2D eigenvalue weighted by Gasteiger charge is -2.27. The van der Waals surface area contributed by atoms with Crippen molar-refractivity contribution in [3.05, 3.63) is 53.8 Å². The highest BCUT2D eigenvalue weighted by Gasteiger charge is 2.32. The van der Waals surface area contributed by atoms with Crippen LogP contribution in [-0.4, -0.2) is 46.0 Å². The van der Waals surface area contributed by atoms with Gasteiger partial charge in [0.1, 0.15) is 23.0 Å². The second-order valence-electron chi connectivity index (χ2n) is 6.73. The molecule has 1 amide bonds. The number of ether oxygens (including phenoxy) is 1. The fraction of sp³-hybridized carbons (Fsp3) is 0.350. The Kier molecular flexibility index (Phi) is 5.88. The number of sulfonamides is 1. The molecule has 0 unspecified atom stereocenters. The summed E-state index contributed by atoms with van der Waals surface area (Å²) in [6.45, 7) is 2.65. The summed E-state index contributed by atoms with van der Waals surface area (Å²) < 4.78 is 46.6. The molecule has 0 saturated carbocycles. The minimum atomic E-state index is -4.12. The van der Waals surface area contributed by atoms with Gasteiger partial charge in [0.05, 0.1) is 12.8 Å². The first-order valence-electron chi connectivity index (χ1n) is 9.03. The predicted molar refractivity (Wildman–Crippen MR) is 104 cm³/mol. The number of carbonyl (C=O) groups is 1. The summed E-state index contributed by atoms with van der Waals surface area (Å²) in [7, 11) is -2.73. The molecule has 2 aromatic carbocycles. The summed E-state index contributed by atoms with van der Waals surface area (Å²) >= 11 is 0. The van der Waals surface area contributed by atoms with E-state index in [1.807, 2.05) is 0 Å². The van der Waals surface area contributed by atoms with Crippen LogP contribution in [0.3, 0.4) is 0 Å². The van der Waals surface area contributed by atoms with Gasteiger partial charge in [-0.2, -0.15) is 0 Å². The summed E-state index contributed by atoms with van der Waals surface area (Å²) in [6, 6.07) is 9.88. The van der Waals surface area contributed by atoms with Gasteiger partial charge in [0.25, 0.3) is 10.0 Å². The molecule has 0 radical (unpaired) electrons. The number of anilines is 1. The number of benzene rings is 2. The molecule has 8 heteroatoms. The average Bonchev–Trinajstić information content (AvgIpc) is 3.21. The number of halogens is 1. The van der Waals surface area contributed by atoms with E-state index in [9.17, 15) is 17.6 Å². The van der Waals surface area contributed by atoms with Gasteiger partial charge in [0.15, 0.2) is 0 Å². The molecule has 2 aromatic rings. The zero-order chi connectivity index (χ0) is 20.3. The molecule has 1 aliphatic rings. The number of carbonyl (C=O) groups excluding carboxylic acids is 1. The lowest BCUT2D eigenvalue weighted by Crippen LogP contribution is -2.42. The summed E-state index contributed by atoms with van der Waals surface area (Å²) in [4.78, 5) is 14.3. The van der Waals surface area contributed by atoms with Crippen LogP contribution in [0.1, 0.15) is 18.4 Å². The Bertz CT molecular complexity index is 955. The molecule has 1 fully saturated rings. The molecule has 0 N–H and O–H groups in total. The van der Waals surface area contributed by atoms with Gasteiger partial charge >= 0.3 is 0 Å². The van der Waals surface area contributed by atoms with Gasteiger partial charge in [-0.1, -0.05) is 6.07 Å². The van der Waals surface area contributed by atoms with Gasteiger partial charge in [0, 0.05) is 13.1 Å². The first-order chi connectivity index (χ1) is 13.3. The fourth-order valence-corrected chi connectivity index (χ4v) is 4.87. The quantitative estimate of drug-likeness (QED) is 0.740. The van der Waals surface area contributed by atoms with Crippen LogP contribution in [0.4, 0.5) is 10.1 Å². The van der Waals surface area contributed by atoms with Crippen LogP contribution in [0.25, 0.3) is 0 Å². The van der Waals surface area contributed by atoms with Crippen molar-refractivity contribution in [3.8, 4) is 5.75 Å². The number of rotatable bonds is 6. The number of nitrogens with zero attached hydrogens (tertiary/aromatic N) is 2. The monoisotopic (exact) mass is 406 g/mol. The Morgan fingerprint density at radius 3 is 2.39 bits per heavy atom. The number of hydrogen-bond acceptors (Lipinski definition) is 4. The van der Waals surface area contributed by atoms with E-state index in [1.54, 1.807) is 24.0 Å². The summed E-state index contributed by atoms with van der Waals surface area (Å²) in [5.74, 6) is -0.580. The molecule has 150 valence electrons. The van der Waals surface area contributed by atoms with E-state index >= 15 is 0 Å². The highest BCUT2D eigenvalue weighted by molar-refractivity contribution is 7.93. The van der Waals surface area contributed by atoms with Gasteiger partial charge in [-0.3, -0.25) is 9.10 Å². The molecule has 1 aliphatic heterocycles. The topological polar surface area (TPSA) is 66.9 Å². The molecule has 0 aliphatic carbocycles. The van der Waals surface area contributed by atoms with E-state index in [-0.39, 0.29) is 28.8 Å². The third kappa shape index (κ3) is 4.11. The molecule has 0 aromatic heterocycles. The predicted octanol–water partition coefficient (Wildman–Crippen LogP) is 2.96. The molecule has 6 nitrogen and oxygen atoms in total. The van der Waals surface area contributed by atoms with E-state index in [1.165, 1.54) is 37.4 Å². The highest BCUT2D eigenvalue weighted by Crippen LogP contribution is 2.31. The molecule has 0 bridgehead atoms. The lowest BCUT2D eigenvalue weighted by molar-refractivity contribution is -0.128. The molecular formula is C20H23FN2O4S. The van der Waals surface area contributed by atoms with Gasteiger partial charge in [-0.05, 0) is 61.7 Å². The Labute approximate surface area is 164 Å². The van der Waals surface area contributed by atoms with E-state index < -0.39 is 15.8 Å². The van der Waals surface area contributed by atoms with Crippen LogP contribution in [0.5, 0.6) is 5.75 Å². The summed E-state index contributed by atoms with van der Waals surface area (Å²) in [5.41, 5.74) is 0.960. The third-order valence-corrected chi connectivity index (χ3v) is 6.53. The van der Waals surface area contributed by atoms with Gasteiger partial charge in [0.2, 0.25) is 5.91 Å². The van der Waals surface area contributed by atoms with Crippen molar-refractivity contribution >= 4 is 21.6 Å². The number of methoxy groups -OCH3 is 1. The normalized spacial score (nSPS) is 14.2. The van der Waals surface area contributed by atoms with Crippen LogP contribution in [-0.2, 0) is 14.8 Å². The van der Waals surface area contributed by atoms with Gasteiger partial charge in [-0.15, -0.1) is 0 Å². The summed E-state index contributed by atoms with van der Waals surface area (Å²) in [5, 5.41) is 0. The number of likely N-dealkylation sites (tertiary alicyclic amines) is 1. The standard InChI is InChI=1S/C20H23FN2O4S/c1-15-5-10-18(27-2)19(13-15)28(25,26)23(17-8-6-16(21)7-9-17)14-20(24)22-11-3-4-12-22/h5-10,13H,3-4,11-12,14H2,1-2H3. The molecule has 1 heterocycles. The maximum atomic E-state index is 13.5. The van der Waals surface area contributed by atoms with Crippen molar-refractivity contribution < 1.29 is 22.3 Å². The zero-order valence-electron chi connectivity index (χ0n) is 15.9. The number of hydrogen-bond donors (Lipinski definition) is 0. The average molecular weight is 406 g/mol. The van der Waals surface area contributed by atoms with E-state index in [0.29, 0.717) is 13.1 Å². The molecule has 0 atom stereocenters. The molecule has 1 saturated heterocycles. The minimum absolute atomic E-state index is 0.0338. The van der Waals surface area contributed by atoms with Crippen molar-refractivity contribution in [2.45, 2.75) is 24.7 Å². The Morgan fingerprint density at radius 2 is 1.79 bits per heavy atom. The van der Waals surface area contributed by atoms with Crippen LogP contribution in [0.15, 0.2) is 47.4 Å². The van der Waals surface area contributed by atoms with E-state index in [4.69, 9.17) is 4.74 Å². The first-order valence-corrected chi connectivity index (χ1v) is 10.5. The second-order valence-corrected chi connectivity index (χ2v) is 8.56. The lowest BCUT2D eigenvalue weighted by atomic mass is 10.2. The van der Waals surface area contributed by atoms with Gasteiger partial charge < -0.3 is 9.64 Å². The van der Waals surface area contributed by atoms with Crippen molar-refractivity contribution in [1.82, 2.24) is 4.90 Å². The van der Waals surface area contributed by atoms with Crippen LogP contribution >= 0.6 is 0 Å². The molecule has 28 heavy (non-hydrogen) atoms. The number of amides is 1. The van der Waals surface area contributed by atoms with Crippen molar-refractivity contribution in [2.24, 2.45) is 0 Å². The van der Waals surface area contributed by atoms with Crippen LogP contribution < -0.4 is 9.04 Å². The van der Waals surface area contributed by atoms with Crippen molar-refractivity contribution in [3.63, 3.8) is 0 Å². The second kappa shape index (κ2) is 8.18.